The largest absolute Gasteiger partial charge is 0.497 e. The maximum atomic E-state index is 13.7. The Balaban J connectivity index is 1.69. The van der Waals surface area contributed by atoms with Crippen molar-refractivity contribution in [2.24, 2.45) is 0 Å². The van der Waals surface area contributed by atoms with Crippen molar-refractivity contribution in [1.82, 2.24) is 9.80 Å². The number of rotatable bonds is 7. The molecule has 33 heavy (non-hydrogen) atoms. The first-order valence-corrected chi connectivity index (χ1v) is 10.9. The summed E-state index contributed by atoms with van der Waals surface area (Å²) in [5.41, 5.74) is 2.11. The molecule has 3 aromatic rings. The second-order valence-corrected chi connectivity index (χ2v) is 8.07. The molecule has 1 fully saturated rings. The third kappa shape index (κ3) is 4.65. The standard InChI is InChI=1S/C27H26N2O4/c1-19-26(31)29(18-21-13-15-23(33-2)16-14-21)24(25(30)22-11-7-4-8-12-22)27(32)28(19)17-20-9-5-3-6-10-20/h3-16,19,24H,17-18H2,1-2H3/t19-,24?/m0/s1. The molecule has 2 amide bonds. The van der Waals surface area contributed by atoms with Crippen LogP contribution in [0.3, 0.4) is 0 Å². The second kappa shape index (κ2) is 9.69. The summed E-state index contributed by atoms with van der Waals surface area (Å²) in [6.07, 6.45) is 0. The number of amides is 2. The van der Waals surface area contributed by atoms with E-state index in [-0.39, 0.29) is 30.7 Å². The number of hydrogen-bond donors (Lipinski definition) is 0. The van der Waals surface area contributed by atoms with Gasteiger partial charge in [-0.25, -0.2) is 0 Å². The fourth-order valence-electron chi connectivity index (χ4n) is 4.09. The van der Waals surface area contributed by atoms with E-state index >= 15 is 0 Å². The van der Waals surface area contributed by atoms with Crippen molar-refractivity contribution in [2.45, 2.75) is 32.1 Å². The predicted molar refractivity (Wildman–Crippen MR) is 125 cm³/mol. The van der Waals surface area contributed by atoms with Gasteiger partial charge >= 0.3 is 0 Å². The Bertz CT molecular complexity index is 1130. The Kier molecular flexibility index (Phi) is 6.54. The van der Waals surface area contributed by atoms with Gasteiger partial charge in [0.15, 0.2) is 11.8 Å². The summed E-state index contributed by atoms with van der Waals surface area (Å²) >= 11 is 0. The molecule has 1 aliphatic heterocycles. The number of carbonyl (C=O) groups is 3. The fraction of sp³-hybridized carbons (Fsp3) is 0.222. The van der Waals surface area contributed by atoms with Crippen molar-refractivity contribution in [2.75, 3.05) is 7.11 Å². The van der Waals surface area contributed by atoms with Crippen LogP contribution in [0.1, 0.15) is 28.4 Å². The molecule has 3 aromatic carbocycles. The first-order chi connectivity index (χ1) is 16.0. The average molecular weight is 443 g/mol. The summed E-state index contributed by atoms with van der Waals surface area (Å²) in [6, 6.07) is 23.5. The summed E-state index contributed by atoms with van der Waals surface area (Å²) in [5, 5.41) is 0. The van der Waals surface area contributed by atoms with Gasteiger partial charge in [0, 0.05) is 18.7 Å². The molecule has 168 valence electrons. The number of Topliss-reactive ketones (excluding diaryl/α,β-unsaturated/α-hetero) is 1. The van der Waals surface area contributed by atoms with Crippen molar-refractivity contribution in [3.05, 3.63) is 102 Å². The Morgan fingerprint density at radius 2 is 1.30 bits per heavy atom. The maximum absolute atomic E-state index is 13.7. The van der Waals surface area contributed by atoms with Gasteiger partial charge in [0.2, 0.25) is 5.91 Å². The highest BCUT2D eigenvalue weighted by Crippen LogP contribution is 2.26. The lowest BCUT2D eigenvalue weighted by Gasteiger charge is -2.43. The van der Waals surface area contributed by atoms with Crippen molar-refractivity contribution >= 4 is 17.6 Å². The second-order valence-electron chi connectivity index (χ2n) is 8.07. The molecular formula is C27H26N2O4. The Labute approximate surface area is 193 Å². The lowest BCUT2D eigenvalue weighted by atomic mass is 9.95. The molecule has 1 unspecified atom stereocenters. The smallest absolute Gasteiger partial charge is 0.254 e. The van der Waals surface area contributed by atoms with Crippen LogP contribution in [-0.4, -0.2) is 46.6 Å². The number of benzene rings is 3. The topological polar surface area (TPSA) is 66.9 Å². The average Bonchev–Trinajstić information content (AvgIpc) is 2.86. The van der Waals surface area contributed by atoms with E-state index in [9.17, 15) is 14.4 Å². The van der Waals surface area contributed by atoms with Gasteiger partial charge in [0.25, 0.3) is 5.91 Å². The van der Waals surface area contributed by atoms with Gasteiger partial charge in [0.1, 0.15) is 11.8 Å². The molecular weight excluding hydrogens is 416 g/mol. The zero-order valence-corrected chi connectivity index (χ0v) is 18.7. The third-order valence-electron chi connectivity index (χ3n) is 5.95. The van der Waals surface area contributed by atoms with Gasteiger partial charge in [-0.1, -0.05) is 72.8 Å². The number of methoxy groups -OCH3 is 1. The van der Waals surface area contributed by atoms with Crippen molar-refractivity contribution < 1.29 is 19.1 Å². The first kappa shape index (κ1) is 22.3. The van der Waals surface area contributed by atoms with E-state index in [4.69, 9.17) is 4.74 Å². The summed E-state index contributed by atoms with van der Waals surface area (Å²) < 4.78 is 5.21. The number of ether oxygens (including phenoxy) is 1. The van der Waals surface area contributed by atoms with E-state index in [2.05, 4.69) is 0 Å². The minimum atomic E-state index is -1.22. The SMILES string of the molecule is COc1ccc(CN2C(=O)[C@H](C)N(Cc3ccccc3)C(=O)C2C(=O)c2ccccc2)cc1. The van der Waals surface area contributed by atoms with Gasteiger partial charge in [-0.2, -0.15) is 0 Å². The Morgan fingerprint density at radius 1 is 0.758 bits per heavy atom. The molecule has 0 saturated carbocycles. The number of hydrogen-bond acceptors (Lipinski definition) is 4. The fourth-order valence-corrected chi connectivity index (χ4v) is 4.09. The summed E-state index contributed by atoms with van der Waals surface area (Å²) in [4.78, 5) is 43.6. The van der Waals surface area contributed by atoms with Crippen molar-refractivity contribution in [3.8, 4) is 5.75 Å². The van der Waals surface area contributed by atoms with Gasteiger partial charge in [0.05, 0.1) is 7.11 Å². The number of nitrogens with zero attached hydrogens (tertiary/aromatic N) is 2. The van der Waals surface area contributed by atoms with E-state index in [0.29, 0.717) is 11.3 Å². The molecule has 0 radical (unpaired) electrons. The molecule has 0 aromatic heterocycles. The van der Waals surface area contributed by atoms with Gasteiger partial charge in [-0.3, -0.25) is 14.4 Å². The molecule has 0 spiro atoms. The molecule has 0 bridgehead atoms. The summed E-state index contributed by atoms with van der Waals surface area (Å²) in [7, 11) is 1.58. The molecule has 0 N–H and O–H groups in total. The zero-order chi connectivity index (χ0) is 23.4. The van der Waals surface area contributed by atoms with Crippen molar-refractivity contribution in [3.63, 3.8) is 0 Å². The van der Waals surface area contributed by atoms with E-state index in [1.165, 1.54) is 9.80 Å². The third-order valence-corrected chi connectivity index (χ3v) is 5.95. The molecule has 0 aliphatic carbocycles. The van der Waals surface area contributed by atoms with Crippen LogP contribution in [0.15, 0.2) is 84.9 Å². The maximum Gasteiger partial charge on any atom is 0.254 e. The van der Waals surface area contributed by atoms with Crippen LogP contribution in [0.5, 0.6) is 5.75 Å². The molecule has 2 atom stereocenters. The van der Waals surface area contributed by atoms with E-state index in [0.717, 1.165) is 11.1 Å². The summed E-state index contributed by atoms with van der Waals surface area (Å²) in [5.74, 6) is -0.310. The number of carbonyl (C=O) groups excluding carboxylic acids is 3. The van der Waals surface area contributed by atoms with E-state index in [1.807, 2.05) is 48.5 Å². The van der Waals surface area contributed by atoms with Crippen molar-refractivity contribution in [1.29, 1.82) is 0 Å². The highest BCUT2D eigenvalue weighted by Gasteiger charge is 2.47. The number of ketones is 1. The molecule has 1 saturated heterocycles. The molecule has 1 heterocycles. The van der Waals surface area contributed by atoms with Crippen LogP contribution in [0.4, 0.5) is 0 Å². The van der Waals surface area contributed by atoms with Crippen LogP contribution in [0.25, 0.3) is 0 Å². The van der Waals surface area contributed by atoms with Gasteiger partial charge < -0.3 is 14.5 Å². The highest BCUT2D eigenvalue weighted by molar-refractivity contribution is 6.17. The van der Waals surface area contributed by atoms with Gasteiger partial charge in [-0.05, 0) is 30.2 Å². The summed E-state index contributed by atoms with van der Waals surface area (Å²) in [6.45, 7) is 2.14. The highest BCUT2D eigenvalue weighted by atomic mass is 16.5. The lowest BCUT2D eigenvalue weighted by molar-refractivity contribution is -0.160. The monoisotopic (exact) mass is 442 g/mol. The molecule has 1 aliphatic rings. The van der Waals surface area contributed by atoms with Gasteiger partial charge in [-0.15, -0.1) is 0 Å². The quantitative estimate of drug-likeness (QED) is 0.413. The van der Waals surface area contributed by atoms with Crippen LogP contribution in [-0.2, 0) is 22.7 Å². The zero-order valence-electron chi connectivity index (χ0n) is 18.7. The van der Waals surface area contributed by atoms with Crippen LogP contribution in [0.2, 0.25) is 0 Å². The lowest BCUT2D eigenvalue weighted by Crippen LogP contribution is -2.65. The minimum absolute atomic E-state index is 0.154. The van der Waals surface area contributed by atoms with E-state index in [1.54, 1.807) is 50.4 Å². The van der Waals surface area contributed by atoms with Crippen LogP contribution >= 0.6 is 0 Å². The van der Waals surface area contributed by atoms with E-state index < -0.39 is 12.1 Å². The minimum Gasteiger partial charge on any atom is -0.497 e. The Hall–Kier alpha value is -3.93. The molecule has 6 heteroatoms. The Morgan fingerprint density at radius 3 is 1.91 bits per heavy atom. The number of piperazine rings is 1. The molecule has 4 rings (SSSR count). The van der Waals surface area contributed by atoms with Crippen LogP contribution in [0, 0.1) is 0 Å². The first-order valence-electron chi connectivity index (χ1n) is 10.9. The molecule has 6 nitrogen and oxygen atoms in total. The normalized spacial score (nSPS) is 18.4. The van der Waals surface area contributed by atoms with Crippen LogP contribution < -0.4 is 4.74 Å². The predicted octanol–water partition coefficient (Wildman–Crippen LogP) is 3.71.